The van der Waals surface area contributed by atoms with E-state index in [1.54, 1.807) is 18.2 Å². The second-order valence-electron chi connectivity index (χ2n) is 4.43. The van der Waals surface area contributed by atoms with Crippen molar-refractivity contribution in [1.82, 2.24) is 0 Å². The van der Waals surface area contributed by atoms with Crippen molar-refractivity contribution in [3.63, 3.8) is 0 Å². The summed E-state index contributed by atoms with van der Waals surface area (Å²) in [4.78, 5) is 10.6. The molecule has 0 radical (unpaired) electrons. The van der Waals surface area contributed by atoms with Crippen molar-refractivity contribution < 1.29 is 9.31 Å². The molecule has 4 nitrogen and oxygen atoms in total. The first kappa shape index (κ1) is 14.0. The van der Waals surface area contributed by atoms with Crippen molar-refractivity contribution in [3.8, 4) is 0 Å². The fourth-order valence-electron chi connectivity index (χ4n) is 1.95. The van der Waals surface area contributed by atoms with Crippen LogP contribution in [0.2, 0.25) is 0 Å². The summed E-state index contributed by atoms with van der Waals surface area (Å²) in [5, 5.41) is 14.1. The zero-order chi connectivity index (χ0) is 14.5. The van der Waals surface area contributed by atoms with Crippen LogP contribution in [0.25, 0.3) is 0 Å². The van der Waals surface area contributed by atoms with Crippen molar-refractivity contribution >= 4 is 11.4 Å². The van der Waals surface area contributed by atoms with Gasteiger partial charge in [-0.05, 0) is 30.2 Å². The number of nitro benzene ring substituents is 1. The summed E-state index contributed by atoms with van der Waals surface area (Å²) in [5.74, 6) is -0.281. The molecular formula is C15H15FN2O2. The molecule has 0 unspecified atom stereocenters. The number of nitrogens with one attached hydrogen (secondary N) is 1. The molecule has 0 saturated heterocycles. The van der Waals surface area contributed by atoms with E-state index in [9.17, 15) is 14.5 Å². The van der Waals surface area contributed by atoms with Crippen LogP contribution < -0.4 is 5.32 Å². The van der Waals surface area contributed by atoms with E-state index in [1.165, 1.54) is 18.2 Å². The maximum Gasteiger partial charge on any atom is 0.274 e. The molecule has 0 fully saturated rings. The molecular weight excluding hydrogens is 259 g/mol. The predicted octanol–water partition coefficient (Wildman–Crippen LogP) is 3.91. The third-order valence-corrected chi connectivity index (χ3v) is 3.07. The second-order valence-corrected chi connectivity index (χ2v) is 4.43. The predicted molar refractivity (Wildman–Crippen MR) is 76.2 cm³/mol. The lowest BCUT2D eigenvalue weighted by atomic mass is 10.1. The monoisotopic (exact) mass is 274 g/mol. The maximum absolute atomic E-state index is 12.8. The van der Waals surface area contributed by atoms with E-state index < -0.39 is 0 Å². The molecule has 20 heavy (non-hydrogen) atoms. The van der Waals surface area contributed by atoms with Gasteiger partial charge in [-0.3, -0.25) is 10.1 Å². The molecule has 0 bridgehead atoms. The largest absolute Gasteiger partial charge is 0.381 e. The SMILES string of the molecule is CCc1ccc(NCc2ccc(F)cc2)cc1[N+](=O)[O-]. The first-order valence-electron chi connectivity index (χ1n) is 6.35. The average molecular weight is 274 g/mol. The molecule has 5 heteroatoms. The normalized spacial score (nSPS) is 10.3. The highest BCUT2D eigenvalue weighted by Crippen LogP contribution is 2.24. The highest BCUT2D eigenvalue weighted by atomic mass is 19.1. The zero-order valence-corrected chi connectivity index (χ0v) is 11.1. The zero-order valence-electron chi connectivity index (χ0n) is 11.1. The summed E-state index contributed by atoms with van der Waals surface area (Å²) in [6, 6.07) is 11.2. The van der Waals surface area contributed by atoms with E-state index in [2.05, 4.69) is 5.32 Å². The van der Waals surface area contributed by atoms with E-state index in [0.717, 1.165) is 5.56 Å². The molecule has 0 amide bonds. The molecule has 0 aliphatic carbocycles. The molecule has 0 aromatic heterocycles. The van der Waals surface area contributed by atoms with Gasteiger partial charge in [0.1, 0.15) is 5.82 Å². The van der Waals surface area contributed by atoms with Gasteiger partial charge in [0.05, 0.1) is 4.92 Å². The van der Waals surface area contributed by atoms with Gasteiger partial charge in [0.15, 0.2) is 0 Å². The summed E-state index contributed by atoms with van der Waals surface area (Å²) in [7, 11) is 0. The topological polar surface area (TPSA) is 55.2 Å². The van der Waals surface area contributed by atoms with Crippen LogP contribution in [-0.4, -0.2) is 4.92 Å². The lowest BCUT2D eigenvalue weighted by Crippen LogP contribution is -2.01. The van der Waals surface area contributed by atoms with Crippen molar-refractivity contribution in [2.75, 3.05) is 5.32 Å². The van der Waals surface area contributed by atoms with Gasteiger partial charge < -0.3 is 5.32 Å². The Morgan fingerprint density at radius 2 is 1.90 bits per heavy atom. The first-order chi connectivity index (χ1) is 9.60. The molecule has 2 aromatic rings. The summed E-state index contributed by atoms with van der Waals surface area (Å²) in [6.45, 7) is 2.37. The van der Waals surface area contributed by atoms with Gasteiger partial charge in [0.25, 0.3) is 5.69 Å². The van der Waals surface area contributed by atoms with Crippen LogP contribution in [0.1, 0.15) is 18.1 Å². The summed E-state index contributed by atoms with van der Waals surface area (Å²) in [6.07, 6.45) is 0.620. The van der Waals surface area contributed by atoms with Crippen molar-refractivity contribution in [3.05, 3.63) is 69.5 Å². The van der Waals surface area contributed by atoms with Crippen LogP contribution in [-0.2, 0) is 13.0 Å². The smallest absolute Gasteiger partial charge is 0.274 e. The van der Waals surface area contributed by atoms with Crippen molar-refractivity contribution in [2.24, 2.45) is 0 Å². The first-order valence-corrected chi connectivity index (χ1v) is 6.35. The fourth-order valence-corrected chi connectivity index (χ4v) is 1.95. The number of nitrogens with zero attached hydrogens (tertiary/aromatic N) is 1. The van der Waals surface area contributed by atoms with Gasteiger partial charge in [-0.1, -0.05) is 25.1 Å². The van der Waals surface area contributed by atoms with Crippen LogP contribution in [0.15, 0.2) is 42.5 Å². The number of hydrogen-bond donors (Lipinski definition) is 1. The highest BCUT2D eigenvalue weighted by molar-refractivity contribution is 5.55. The summed E-state index contributed by atoms with van der Waals surface area (Å²) >= 11 is 0. The summed E-state index contributed by atoms with van der Waals surface area (Å²) < 4.78 is 12.8. The van der Waals surface area contributed by atoms with Crippen LogP contribution in [0.4, 0.5) is 15.8 Å². The van der Waals surface area contributed by atoms with Gasteiger partial charge in [-0.25, -0.2) is 4.39 Å². The summed E-state index contributed by atoms with van der Waals surface area (Å²) in [5.41, 5.74) is 2.42. The molecule has 2 aromatic carbocycles. The second kappa shape index (κ2) is 6.14. The lowest BCUT2D eigenvalue weighted by Gasteiger charge is -2.08. The quantitative estimate of drug-likeness (QED) is 0.664. The molecule has 0 heterocycles. The molecule has 0 saturated carbocycles. The molecule has 2 rings (SSSR count). The van der Waals surface area contributed by atoms with Crippen LogP contribution >= 0.6 is 0 Å². The average Bonchev–Trinajstić information content (AvgIpc) is 2.46. The number of hydrogen-bond acceptors (Lipinski definition) is 3. The Balaban J connectivity index is 2.11. The highest BCUT2D eigenvalue weighted by Gasteiger charge is 2.12. The van der Waals surface area contributed by atoms with Crippen molar-refractivity contribution in [2.45, 2.75) is 19.9 Å². The number of anilines is 1. The van der Waals surface area contributed by atoms with Crippen LogP contribution in [0.3, 0.4) is 0 Å². The van der Waals surface area contributed by atoms with E-state index in [-0.39, 0.29) is 16.4 Å². The molecule has 1 N–H and O–H groups in total. The third-order valence-electron chi connectivity index (χ3n) is 3.07. The number of rotatable bonds is 5. The Kier molecular flexibility index (Phi) is 4.30. The number of halogens is 1. The maximum atomic E-state index is 12.8. The van der Waals surface area contributed by atoms with E-state index in [1.807, 2.05) is 13.0 Å². The van der Waals surface area contributed by atoms with E-state index in [4.69, 9.17) is 0 Å². The van der Waals surface area contributed by atoms with E-state index >= 15 is 0 Å². The number of aryl methyl sites for hydroxylation is 1. The molecule has 0 aliphatic rings. The number of benzene rings is 2. The van der Waals surface area contributed by atoms with E-state index in [0.29, 0.717) is 24.2 Å². The Morgan fingerprint density at radius 1 is 1.20 bits per heavy atom. The van der Waals surface area contributed by atoms with Crippen molar-refractivity contribution in [1.29, 1.82) is 0 Å². The van der Waals surface area contributed by atoms with Gasteiger partial charge in [0, 0.05) is 23.9 Å². The van der Waals surface area contributed by atoms with Gasteiger partial charge >= 0.3 is 0 Å². The van der Waals surface area contributed by atoms with Gasteiger partial charge in [-0.15, -0.1) is 0 Å². The fraction of sp³-hybridized carbons (Fsp3) is 0.200. The Hall–Kier alpha value is -2.43. The Morgan fingerprint density at radius 3 is 2.50 bits per heavy atom. The minimum absolute atomic E-state index is 0.122. The van der Waals surface area contributed by atoms with Crippen LogP contribution in [0, 0.1) is 15.9 Å². The molecule has 0 spiro atoms. The third kappa shape index (κ3) is 3.32. The molecule has 104 valence electrons. The molecule has 0 atom stereocenters. The molecule has 0 aliphatic heterocycles. The lowest BCUT2D eigenvalue weighted by molar-refractivity contribution is -0.385. The minimum atomic E-state index is -0.373. The minimum Gasteiger partial charge on any atom is -0.381 e. The van der Waals surface area contributed by atoms with Crippen LogP contribution in [0.5, 0.6) is 0 Å². The Labute approximate surface area is 116 Å². The standard InChI is InChI=1S/C15H15FN2O2/c1-2-12-5-8-14(9-15(12)18(19)20)17-10-11-3-6-13(16)7-4-11/h3-9,17H,2,10H2,1H3. The number of nitro groups is 1. The van der Waals surface area contributed by atoms with Gasteiger partial charge in [-0.2, -0.15) is 0 Å². The van der Waals surface area contributed by atoms with Gasteiger partial charge in [0.2, 0.25) is 0 Å². The Bertz CT molecular complexity index is 612.